The molecule has 44 heteroatoms. The number of nitrogens with one attached hydrogen (secondary N) is 13. The first kappa shape index (κ1) is 97.2. The summed E-state index contributed by atoms with van der Waals surface area (Å²) in [4.78, 5) is 276. The third kappa shape index (κ3) is 33.3. The Kier molecular flexibility index (Phi) is 41.3. The van der Waals surface area contributed by atoms with E-state index in [1.54, 1.807) is 30.5 Å². The smallest absolute Gasteiger partial charge is 0.335 e. The topological polar surface area (TPSA) is 713 Å². The van der Waals surface area contributed by atoms with Gasteiger partial charge in [-0.2, -0.15) is 0 Å². The molecule has 0 aliphatic carbocycles. The number of carboxylic acids is 4. The van der Waals surface area contributed by atoms with E-state index in [-0.39, 0.29) is 38.6 Å². The fourth-order valence-electron chi connectivity index (χ4n) is 11.6. The zero-order valence-corrected chi connectivity index (χ0v) is 64.5. The molecular formula is C71H107N17O27. The van der Waals surface area contributed by atoms with Crippen molar-refractivity contribution in [1.29, 1.82) is 0 Å². The average Bonchev–Trinajstić information content (AvgIpc) is 1.79. The van der Waals surface area contributed by atoms with Crippen LogP contribution in [0.1, 0.15) is 156 Å². The number of hydrogen-bond donors (Lipinski definition) is 22. The van der Waals surface area contributed by atoms with Crippen LogP contribution in [-0.4, -0.2) is 270 Å². The van der Waals surface area contributed by atoms with E-state index in [2.05, 4.69) is 54.4 Å². The number of aliphatic carboxylic acids is 4. The van der Waals surface area contributed by atoms with Crippen LogP contribution in [0.25, 0.3) is 10.9 Å². The third-order valence-corrected chi connectivity index (χ3v) is 18.4. The number of unbranched alkanes of at least 4 members (excludes halogenated alkanes) is 7. The molecule has 1 fully saturated rings. The molecule has 25 N–H and O–H groups in total. The number of aliphatic hydroxyl groups excluding tert-OH is 2. The van der Waals surface area contributed by atoms with E-state index in [0.717, 1.165) is 53.0 Å². The van der Waals surface area contributed by atoms with Gasteiger partial charge in [-0.05, 0) is 76.5 Å². The monoisotopic (exact) mass is 1630 g/mol. The largest absolute Gasteiger partial charge is 0.481 e. The lowest BCUT2D eigenvalue weighted by molar-refractivity contribution is -0.159. The number of ether oxygens (including phenoxy) is 1. The number of amides is 15. The summed E-state index contributed by atoms with van der Waals surface area (Å²) in [6.45, 7) is 4.39. The van der Waals surface area contributed by atoms with Crippen molar-refractivity contribution in [3.8, 4) is 0 Å². The van der Waals surface area contributed by atoms with Crippen molar-refractivity contribution in [3.05, 3.63) is 36.0 Å². The minimum Gasteiger partial charge on any atom is -0.481 e. The number of carbonyl (C=O) groups excluding carboxylic acids is 16. The van der Waals surface area contributed by atoms with Gasteiger partial charge in [0.05, 0.1) is 25.9 Å². The number of aromatic nitrogens is 1. The number of rotatable bonds is 37. The van der Waals surface area contributed by atoms with Crippen LogP contribution in [0.15, 0.2) is 30.5 Å². The number of nitrogens with zero attached hydrogens (tertiary/aromatic N) is 1. The van der Waals surface area contributed by atoms with Gasteiger partial charge in [0.2, 0.25) is 88.6 Å². The highest BCUT2D eigenvalue weighted by Crippen LogP contribution is 2.21. The van der Waals surface area contributed by atoms with Crippen LogP contribution in [-0.2, 0) is 107 Å². The summed E-state index contributed by atoms with van der Waals surface area (Å²) in [5, 5.41) is 87.8. The average molecular weight is 1630 g/mol. The normalized spacial score (nSPS) is 21.9. The SMILES string of the molecule is CCCCCCCCCC(=O)NC(Cc1c[nH]c2ccccc12)C(=O)NC(CCC(=O)O)C(=O)NC(C(=O)NC1C(=O)N(C)CC(=O)NC(C)C(=O)NC(CC(=O)O)C(=O)NC(CCCCN)C(=O)NC(C(O)C(=O)O)C(=O)NCC(=O)NC(CC(N)=O)C(=O)NC(CCC(=O)O)C(=O)NC(C(C)CC)C(=O)OC1C)C(O)C(N)=O. The molecular weight excluding hydrogens is 1520 g/mol. The third-order valence-electron chi connectivity index (χ3n) is 18.4. The standard InChI is InChI=1S/C71H107N17O27/c1-7-9-10-11-12-13-14-22-47(90)78-43(28-37-31-75-39-20-16-15-19-38(37)39)64(106)81-42(24-26-51(95)96)63(105)86-55(57(99)59(74)101)68(110)85-54-36(5)115-71(114)53(34(3)8-2)84-62(104)41(23-25-50(93)94)82-65(107)44(29-46(73)89)79-48(91)32-76-67(109)56(58(100)70(112)113)87-61(103)40(21-17-18-27-72)80-66(108)45(30-52(97)98)83-60(102)35(4)77-49(92)33-88(6)69(54)111/h15-16,19-20,31,34-36,40-45,53-58,75,99-100H,7-14,17-18,21-30,32-33,72H2,1-6H3,(H2,73,89)(H2,74,101)(H,76,109)(H,77,92)(H,78,90)(H,79,91)(H,80,108)(H,81,106)(H,82,107)(H,83,102)(H,84,104)(H,85,110)(H,86,105)(H,87,103)(H,93,94)(H,95,96)(H,97,98)(H,112,113). The molecule has 15 atom stereocenters. The minimum absolute atomic E-state index is 0.0124. The van der Waals surface area contributed by atoms with Crippen molar-refractivity contribution >= 4 is 129 Å². The molecule has 1 aliphatic heterocycles. The molecule has 0 radical (unpaired) electrons. The first-order chi connectivity index (χ1) is 54.1. The van der Waals surface area contributed by atoms with Gasteiger partial charge in [0, 0.05) is 49.8 Å². The highest BCUT2D eigenvalue weighted by molar-refractivity contribution is 6.02. The van der Waals surface area contributed by atoms with E-state index in [9.17, 15) is 127 Å². The van der Waals surface area contributed by atoms with E-state index >= 15 is 0 Å². The predicted octanol–water partition coefficient (Wildman–Crippen LogP) is -6.73. The Hall–Kier alpha value is -12.0. The zero-order chi connectivity index (χ0) is 86.5. The molecule has 44 nitrogen and oxygen atoms in total. The Labute approximate surface area is 659 Å². The Morgan fingerprint density at radius 2 is 1.17 bits per heavy atom. The molecule has 2 heterocycles. The highest BCUT2D eigenvalue weighted by Gasteiger charge is 2.43. The molecule has 0 spiro atoms. The van der Waals surface area contributed by atoms with E-state index in [0.29, 0.717) is 34.2 Å². The molecule has 1 aliphatic rings. The quantitative estimate of drug-likeness (QED) is 0.0221. The zero-order valence-electron chi connectivity index (χ0n) is 64.5. The number of H-pyrrole nitrogens is 1. The van der Waals surface area contributed by atoms with Crippen molar-refractivity contribution in [2.75, 3.05) is 26.7 Å². The Balaban J connectivity index is 2.27. The number of likely N-dealkylation sites (N-methyl/N-ethyl adjacent to an activating group) is 1. The molecule has 115 heavy (non-hydrogen) atoms. The predicted molar refractivity (Wildman–Crippen MR) is 399 cm³/mol. The van der Waals surface area contributed by atoms with Gasteiger partial charge in [0.1, 0.15) is 72.6 Å². The van der Waals surface area contributed by atoms with Crippen LogP contribution in [0.5, 0.6) is 0 Å². The van der Waals surface area contributed by atoms with Gasteiger partial charge in [-0.3, -0.25) is 86.3 Å². The van der Waals surface area contributed by atoms with Gasteiger partial charge in [-0.1, -0.05) is 83.9 Å². The minimum atomic E-state index is -2.84. The van der Waals surface area contributed by atoms with Gasteiger partial charge in [0.15, 0.2) is 12.2 Å². The molecule has 638 valence electrons. The van der Waals surface area contributed by atoms with Crippen LogP contribution in [0.2, 0.25) is 0 Å². The number of hydrogen-bond acceptors (Lipinski definition) is 24. The number of aliphatic hydroxyl groups is 2. The maximum atomic E-state index is 15.0. The van der Waals surface area contributed by atoms with Crippen molar-refractivity contribution < 1.29 is 131 Å². The summed E-state index contributed by atoms with van der Waals surface area (Å²) in [5.74, 6) is -30.3. The first-order valence-corrected chi connectivity index (χ1v) is 37.3. The maximum Gasteiger partial charge on any atom is 0.335 e. The van der Waals surface area contributed by atoms with Gasteiger partial charge < -0.3 is 126 Å². The van der Waals surface area contributed by atoms with Crippen LogP contribution < -0.4 is 81.0 Å². The second kappa shape index (κ2) is 48.8. The summed E-state index contributed by atoms with van der Waals surface area (Å²) in [6.07, 6.45) is -6.55. The number of nitrogens with two attached hydrogens (primary N) is 3. The molecule has 1 saturated heterocycles. The lowest BCUT2D eigenvalue weighted by Crippen LogP contribution is -2.64. The van der Waals surface area contributed by atoms with Gasteiger partial charge >= 0.3 is 29.8 Å². The number of primary amides is 2. The molecule has 0 bridgehead atoms. The number of carboxylic acid groups (broad SMARTS) is 4. The lowest BCUT2D eigenvalue weighted by Gasteiger charge is -2.32. The summed E-state index contributed by atoms with van der Waals surface area (Å²) in [6, 6.07) is -16.1. The number of benzene rings is 1. The number of aromatic amines is 1. The number of fused-ring (bicyclic) bond motifs is 1. The van der Waals surface area contributed by atoms with Crippen molar-refractivity contribution in [1.82, 2.24) is 73.7 Å². The molecule has 3 rings (SSSR count). The number of para-hydroxylation sites is 1. The Bertz CT molecular complexity index is 3820. The van der Waals surface area contributed by atoms with E-state index in [1.807, 2.05) is 21.3 Å². The highest BCUT2D eigenvalue weighted by atomic mass is 16.5. The fourth-order valence-corrected chi connectivity index (χ4v) is 11.6. The molecule has 15 amide bonds. The van der Waals surface area contributed by atoms with E-state index in [4.69, 9.17) is 21.9 Å². The second-order valence-electron chi connectivity index (χ2n) is 27.6. The lowest BCUT2D eigenvalue weighted by atomic mass is 9.98. The number of carbonyl (C=O) groups is 20. The van der Waals surface area contributed by atoms with Crippen molar-refractivity contribution in [2.45, 2.75) is 241 Å². The Morgan fingerprint density at radius 1 is 0.600 bits per heavy atom. The maximum absolute atomic E-state index is 15.0. The van der Waals surface area contributed by atoms with Crippen LogP contribution in [0.3, 0.4) is 0 Å². The van der Waals surface area contributed by atoms with Gasteiger partial charge in [-0.25, -0.2) is 9.59 Å². The molecule has 1 aromatic carbocycles. The molecule has 15 unspecified atom stereocenters. The van der Waals surface area contributed by atoms with Crippen LogP contribution >= 0.6 is 0 Å². The van der Waals surface area contributed by atoms with Crippen molar-refractivity contribution in [2.24, 2.45) is 23.1 Å². The van der Waals surface area contributed by atoms with Crippen LogP contribution in [0, 0.1) is 5.92 Å². The van der Waals surface area contributed by atoms with E-state index in [1.165, 1.54) is 13.8 Å². The number of cyclic esters (lactones) is 1. The Morgan fingerprint density at radius 3 is 1.76 bits per heavy atom. The fraction of sp³-hybridized carbons (Fsp3) is 0.606. The summed E-state index contributed by atoms with van der Waals surface area (Å²) >= 11 is 0. The molecule has 0 saturated carbocycles. The van der Waals surface area contributed by atoms with Gasteiger partial charge in [0.25, 0.3) is 0 Å². The van der Waals surface area contributed by atoms with E-state index < -0.39 is 267 Å². The summed E-state index contributed by atoms with van der Waals surface area (Å²) in [5.41, 5.74) is 17.7. The summed E-state index contributed by atoms with van der Waals surface area (Å²) in [7, 11) is 0.888. The number of esters is 1. The van der Waals surface area contributed by atoms with Crippen LogP contribution in [0.4, 0.5) is 0 Å². The second-order valence-corrected chi connectivity index (χ2v) is 27.6. The molecule has 1 aromatic heterocycles. The molecule has 2 aromatic rings. The van der Waals surface area contributed by atoms with Crippen molar-refractivity contribution in [3.63, 3.8) is 0 Å². The van der Waals surface area contributed by atoms with Gasteiger partial charge in [-0.15, -0.1) is 0 Å². The first-order valence-electron chi connectivity index (χ1n) is 37.3. The summed E-state index contributed by atoms with van der Waals surface area (Å²) < 4.78 is 5.74.